The molecule has 1 N–H and O–H groups in total. The lowest BCUT2D eigenvalue weighted by atomic mass is 10.0. The van der Waals surface area contributed by atoms with Crippen molar-refractivity contribution in [2.45, 2.75) is 31.2 Å². The number of benzene rings is 1. The van der Waals surface area contributed by atoms with Crippen molar-refractivity contribution in [2.75, 3.05) is 24.5 Å². The molecule has 2 fully saturated rings. The SMILES string of the molecule is C=CC(=O)NCC1CN(c2ccc(OC(F)(F)F)cc2)C2CC(C(F)(F)F)[N+](=O)N2C1. The highest BCUT2D eigenvalue weighted by Gasteiger charge is 2.64. The Morgan fingerprint density at radius 3 is 2.39 bits per heavy atom. The van der Waals surface area contributed by atoms with Crippen molar-refractivity contribution >= 4 is 11.6 Å². The van der Waals surface area contributed by atoms with Crippen LogP contribution in [-0.2, 0) is 4.79 Å². The summed E-state index contributed by atoms with van der Waals surface area (Å²) in [5, 5.41) is 3.58. The number of rotatable bonds is 5. The van der Waals surface area contributed by atoms with Crippen LogP contribution in [0.3, 0.4) is 0 Å². The molecule has 1 aromatic carbocycles. The van der Waals surface area contributed by atoms with Crippen LogP contribution < -0.4 is 15.0 Å². The van der Waals surface area contributed by atoms with Crippen LogP contribution >= 0.6 is 0 Å². The number of alkyl halides is 6. The first-order valence-electron chi connectivity index (χ1n) is 9.21. The lowest BCUT2D eigenvalue weighted by Gasteiger charge is -2.40. The third kappa shape index (κ3) is 5.20. The second-order valence-corrected chi connectivity index (χ2v) is 7.21. The van der Waals surface area contributed by atoms with Gasteiger partial charge in [-0.1, -0.05) is 6.58 Å². The van der Waals surface area contributed by atoms with Crippen LogP contribution in [0.4, 0.5) is 32.0 Å². The fraction of sp³-hybridized carbons (Fsp3) is 0.500. The molecule has 2 saturated heterocycles. The van der Waals surface area contributed by atoms with Gasteiger partial charge in [0.25, 0.3) is 0 Å². The van der Waals surface area contributed by atoms with Gasteiger partial charge in [0.05, 0.1) is 17.9 Å². The van der Waals surface area contributed by atoms with Crippen LogP contribution in [0.15, 0.2) is 36.9 Å². The molecule has 0 aliphatic carbocycles. The minimum Gasteiger partial charge on any atom is -0.406 e. The fourth-order valence-electron chi connectivity index (χ4n) is 3.76. The van der Waals surface area contributed by atoms with E-state index in [-0.39, 0.29) is 24.5 Å². The molecule has 31 heavy (non-hydrogen) atoms. The molecule has 0 aromatic heterocycles. The van der Waals surface area contributed by atoms with E-state index in [2.05, 4.69) is 16.6 Å². The van der Waals surface area contributed by atoms with E-state index >= 15 is 0 Å². The van der Waals surface area contributed by atoms with Crippen LogP contribution in [0.25, 0.3) is 0 Å². The second kappa shape index (κ2) is 8.27. The Morgan fingerprint density at radius 1 is 1.19 bits per heavy atom. The lowest BCUT2D eigenvalue weighted by molar-refractivity contribution is -0.735. The number of nitroso groups, excluding NO2 is 1. The first-order chi connectivity index (χ1) is 14.4. The van der Waals surface area contributed by atoms with Crippen molar-refractivity contribution in [1.29, 1.82) is 0 Å². The third-order valence-corrected chi connectivity index (χ3v) is 5.09. The molecule has 0 saturated carbocycles. The maximum atomic E-state index is 13.3. The molecule has 0 bridgehead atoms. The van der Waals surface area contributed by atoms with E-state index in [0.29, 0.717) is 5.69 Å². The Labute approximate surface area is 172 Å². The van der Waals surface area contributed by atoms with Gasteiger partial charge in [0.15, 0.2) is 6.17 Å². The Balaban J connectivity index is 1.85. The number of anilines is 1. The normalized spacial score (nSPS) is 24.1. The summed E-state index contributed by atoms with van der Waals surface area (Å²) >= 11 is 0. The molecule has 3 unspecified atom stereocenters. The molecule has 7 nitrogen and oxygen atoms in total. The average Bonchev–Trinajstić information content (AvgIpc) is 3.02. The number of hydrazine groups is 1. The molecule has 2 heterocycles. The molecular formula is C18H19F6N4O3+. The molecule has 1 aromatic rings. The van der Waals surface area contributed by atoms with Crippen LogP contribution in [0.5, 0.6) is 5.75 Å². The zero-order valence-corrected chi connectivity index (χ0v) is 16.0. The minimum atomic E-state index is -4.88. The molecule has 170 valence electrons. The van der Waals surface area contributed by atoms with Crippen LogP contribution in [0, 0.1) is 10.8 Å². The Morgan fingerprint density at radius 2 is 1.84 bits per heavy atom. The molecule has 2 aliphatic rings. The molecular weight excluding hydrogens is 434 g/mol. The number of hydrogen-bond acceptors (Lipinski definition) is 4. The summed E-state index contributed by atoms with van der Waals surface area (Å²) in [4.78, 5) is 25.2. The van der Waals surface area contributed by atoms with Crippen LogP contribution in [-0.4, -0.2) is 60.2 Å². The van der Waals surface area contributed by atoms with E-state index in [1.54, 1.807) is 0 Å². The quantitative estimate of drug-likeness (QED) is 0.422. The van der Waals surface area contributed by atoms with Gasteiger partial charge in [-0.3, -0.25) is 4.79 Å². The van der Waals surface area contributed by atoms with Gasteiger partial charge in [-0.2, -0.15) is 13.2 Å². The average molecular weight is 453 g/mol. The van der Waals surface area contributed by atoms with Gasteiger partial charge in [0.2, 0.25) is 5.91 Å². The van der Waals surface area contributed by atoms with Gasteiger partial charge < -0.3 is 15.0 Å². The maximum Gasteiger partial charge on any atom is 0.573 e. The smallest absolute Gasteiger partial charge is 0.406 e. The number of nitrogens with one attached hydrogen (secondary N) is 1. The summed E-state index contributed by atoms with van der Waals surface area (Å²) in [5.41, 5.74) is 0.320. The van der Waals surface area contributed by atoms with Crippen molar-refractivity contribution in [3.63, 3.8) is 0 Å². The number of carbonyl (C=O) groups excluding carboxylic acids is 1. The zero-order chi connectivity index (χ0) is 23.0. The summed E-state index contributed by atoms with van der Waals surface area (Å²) < 4.78 is 80.9. The number of nitrogens with zero attached hydrogens (tertiary/aromatic N) is 3. The summed E-state index contributed by atoms with van der Waals surface area (Å²) in [5.74, 6) is -1.38. The summed E-state index contributed by atoms with van der Waals surface area (Å²) in [6.07, 6.45) is -10.1. The van der Waals surface area contributed by atoms with Gasteiger partial charge in [-0.05, 0) is 30.3 Å². The first kappa shape index (κ1) is 22.7. The maximum absolute atomic E-state index is 13.3. The van der Waals surface area contributed by atoms with E-state index < -0.39 is 48.7 Å². The standard InChI is InChI=1S/C18H18F6N4O3/c1-2-15(29)25-8-11-9-26(12-3-5-13(6-4-12)31-18(22,23)24)16-7-14(17(19,20)21)28(30)27(16)10-11/h2-6,11,14,16H,1,7-10H2/p+1. The molecule has 0 radical (unpaired) electrons. The molecule has 0 spiro atoms. The van der Waals surface area contributed by atoms with Crippen LogP contribution in [0.2, 0.25) is 0 Å². The van der Waals surface area contributed by atoms with Gasteiger partial charge in [-0.15, -0.1) is 18.2 Å². The van der Waals surface area contributed by atoms with E-state index in [4.69, 9.17) is 0 Å². The largest absolute Gasteiger partial charge is 0.573 e. The van der Waals surface area contributed by atoms with Crippen molar-refractivity contribution in [3.05, 3.63) is 41.8 Å². The number of fused-ring (bicyclic) bond motifs is 1. The topological polar surface area (TPSA) is 64.9 Å². The highest BCUT2D eigenvalue weighted by molar-refractivity contribution is 5.86. The molecule has 1 amide bonds. The van der Waals surface area contributed by atoms with Gasteiger partial charge in [0.1, 0.15) is 10.6 Å². The first-order valence-corrected chi connectivity index (χ1v) is 9.21. The fourth-order valence-corrected chi connectivity index (χ4v) is 3.76. The van der Waals surface area contributed by atoms with Gasteiger partial charge >= 0.3 is 18.6 Å². The monoisotopic (exact) mass is 453 g/mol. The van der Waals surface area contributed by atoms with Crippen molar-refractivity contribution < 1.29 is 40.7 Å². The van der Waals surface area contributed by atoms with Crippen molar-refractivity contribution in [1.82, 2.24) is 10.3 Å². The van der Waals surface area contributed by atoms with Gasteiger partial charge in [-0.25, -0.2) is 0 Å². The van der Waals surface area contributed by atoms with E-state index in [0.717, 1.165) is 23.2 Å². The summed E-state index contributed by atoms with van der Waals surface area (Å²) in [7, 11) is 0. The lowest BCUT2D eigenvalue weighted by Crippen LogP contribution is -2.58. The number of hydrogen-bond donors (Lipinski definition) is 1. The van der Waals surface area contributed by atoms with Crippen molar-refractivity contribution in [2.24, 2.45) is 5.92 Å². The number of ether oxygens (including phenoxy) is 1. The zero-order valence-electron chi connectivity index (χ0n) is 16.0. The molecule has 2 aliphatic heterocycles. The molecule has 3 rings (SSSR count). The Kier molecular flexibility index (Phi) is 6.05. The Hall–Kier alpha value is -2.99. The van der Waals surface area contributed by atoms with Crippen molar-refractivity contribution in [3.8, 4) is 5.75 Å². The van der Waals surface area contributed by atoms with E-state index in [9.17, 15) is 36.0 Å². The highest BCUT2D eigenvalue weighted by atomic mass is 19.4. The summed E-state index contributed by atoms with van der Waals surface area (Å²) in [6, 6.07) is 2.40. The predicted octanol–water partition coefficient (Wildman–Crippen LogP) is 2.98. The second-order valence-electron chi connectivity index (χ2n) is 7.21. The van der Waals surface area contributed by atoms with Gasteiger partial charge in [0, 0.05) is 24.7 Å². The predicted molar refractivity (Wildman–Crippen MR) is 95.7 cm³/mol. The molecule has 13 heteroatoms. The number of halogens is 6. The Bertz CT molecular complexity index is 842. The van der Waals surface area contributed by atoms with E-state index in [1.165, 1.54) is 17.0 Å². The third-order valence-electron chi connectivity index (χ3n) is 5.09. The highest BCUT2D eigenvalue weighted by Crippen LogP contribution is 2.39. The van der Waals surface area contributed by atoms with E-state index in [1.807, 2.05) is 0 Å². The summed E-state index contributed by atoms with van der Waals surface area (Å²) in [6.45, 7) is 3.54. The number of carbonyl (C=O) groups is 1. The minimum absolute atomic E-state index is 0.0239. The number of amides is 1. The van der Waals surface area contributed by atoms with Crippen LogP contribution in [0.1, 0.15) is 6.42 Å². The molecule has 3 atom stereocenters.